The third kappa shape index (κ3) is 20.9. The predicted octanol–water partition coefficient (Wildman–Crippen LogP) is 15.6. The maximum Gasteiger partial charge on any atom is 0.337 e. The number of likely N-dealkylation sites (tertiary alicyclic amines) is 1. The van der Waals surface area contributed by atoms with E-state index in [1.165, 1.54) is 57.8 Å². The summed E-state index contributed by atoms with van der Waals surface area (Å²) in [4.78, 5) is 93.6. The number of likely N-dealkylation sites (N-methyl/N-ethyl adjacent to an activating group) is 3. The molecule has 0 spiro atoms. The van der Waals surface area contributed by atoms with Gasteiger partial charge in [-0.05, 0) is 190 Å². The number of fused-ring (bicyclic) bond motifs is 7. The highest BCUT2D eigenvalue weighted by Crippen LogP contribution is 2.42. The zero-order valence-electron chi connectivity index (χ0n) is 76.4. The lowest BCUT2D eigenvalue weighted by molar-refractivity contribution is -0.150. The molecule has 30 nitrogen and oxygen atoms in total. The molecule has 3 aliphatic heterocycles. The van der Waals surface area contributed by atoms with E-state index in [1.54, 1.807) is 86.1 Å². The van der Waals surface area contributed by atoms with Gasteiger partial charge in [0.2, 0.25) is 17.7 Å². The van der Waals surface area contributed by atoms with Crippen molar-refractivity contribution in [2.24, 2.45) is 10.7 Å². The number of aromatic hydroxyl groups is 1. The Bertz CT molecular complexity index is 6870. The molecule has 14 aromatic rings. The molecule has 19 rings (SSSR count). The van der Waals surface area contributed by atoms with Crippen LogP contribution in [0.3, 0.4) is 0 Å². The fraction of sp³-hybridized carbons (Fsp3) is 0.307. The summed E-state index contributed by atoms with van der Waals surface area (Å²) >= 11 is 0. The van der Waals surface area contributed by atoms with Gasteiger partial charge >= 0.3 is 11.9 Å². The van der Waals surface area contributed by atoms with Crippen LogP contribution < -0.4 is 50.5 Å². The van der Waals surface area contributed by atoms with Gasteiger partial charge in [0.25, 0.3) is 5.56 Å². The summed E-state index contributed by atoms with van der Waals surface area (Å²) < 4.78 is 85.2. The maximum absolute atomic E-state index is 15.1. The van der Waals surface area contributed by atoms with Crippen LogP contribution in [0.25, 0.3) is 72.8 Å². The highest BCUT2D eigenvalue weighted by atomic mass is 19.1. The standard InChI is InChI=1S/C31H33N5O4.C26H28FN3O3.C23H25FN4O4.C21H21FN6O/c1-34-15-17-36(18-16-34)20-27(37)35(2)24-12-10-23(11-13-24)32-29(21-7-5-4-6-8-21)28-25-14-9-22(31(39)40-3)19-26(25)33-30(28)38;1-17-12-18-6-7-22(25(27)19(18)13-17)33-26-20-14-23(31-2)24(15-21(20)28-16-29-26)32-11-5-10-30-8-3-4-9-30;1-12-7-16-5-6-18(20(24)17(16)8-12)32-22-21-14(3)19(9-28(21)27-11-26-22)30-10-13(2)31-23(29)15(4)25;1-27-7-9-28(10-8-27)12-5-6-14-16(11-12)25-20(24-14)18-19(23)17-13(22)3-2-4-15(17)26-21(18)29/h4-14,19,33,38H,15-18,20H2,1-3H3;6-7,13-16H,3-5,8-12H2,1-2H3;5-6,8-9,11,13,15H,7,10,25H2,1-4H3;2-6,11H,7-10H2,1H3,(H,24,25)(H3,23,26,29)/t;;13-,15+;/m..1./s1. The van der Waals surface area contributed by atoms with Crippen LogP contribution in [0.4, 0.5) is 35.9 Å². The lowest BCUT2D eigenvalue weighted by Gasteiger charge is -2.34. The Morgan fingerprint density at radius 2 is 1.32 bits per heavy atom. The van der Waals surface area contributed by atoms with E-state index < -0.39 is 41.3 Å². The fourth-order valence-corrected chi connectivity index (χ4v) is 17.0. The first kappa shape index (κ1) is 92.8. The van der Waals surface area contributed by atoms with Gasteiger partial charge in [-0.3, -0.25) is 19.3 Å². The SMILES string of the molecule is CC1=Cc2c(ccc(Oc3ncnn4cc(OC[C@@H](C)OC(=O)[C@H](C)N)c(C)c34)c2F)C1.CN1CCN(c2ccc3nc(-c4c(N)c5c(F)cccc5[nH]c4=O)[nH]c3c2)CC1.COC(=O)c1ccc2c(C(=Nc3ccc(N(C)C(=O)CN4CCN(C)CC4)cc3)c3ccccc3)c(O)[nH]c2c1.COc1cc2c(Oc3ccc4c(c3F)C=C(C)C4)ncnc2cc1OCCCN1CCCC1. The minimum Gasteiger partial charge on any atom is -0.494 e. The first-order chi connectivity index (χ1) is 64.7. The van der Waals surface area contributed by atoms with Crippen molar-refractivity contribution in [1.82, 2.24) is 64.1 Å². The molecule has 2 aliphatic carbocycles. The van der Waals surface area contributed by atoms with Crippen molar-refractivity contribution in [2.75, 3.05) is 143 Å². The van der Waals surface area contributed by atoms with Gasteiger partial charge in [0.1, 0.15) is 59.9 Å². The van der Waals surface area contributed by atoms with E-state index in [4.69, 9.17) is 49.6 Å². The molecule has 33 heteroatoms. The number of H-pyrrole nitrogens is 3. The lowest BCUT2D eigenvalue weighted by Crippen LogP contribution is -2.48. The number of aliphatic imine (C=N–C) groups is 1. The molecule has 5 aliphatic rings. The number of halogens is 3. The molecule has 2 atom stereocenters. The van der Waals surface area contributed by atoms with E-state index in [0.717, 1.165) is 134 Å². The average molecular weight is 1820 g/mol. The zero-order valence-corrected chi connectivity index (χ0v) is 76.4. The molecule has 3 fully saturated rings. The van der Waals surface area contributed by atoms with Gasteiger partial charge < -0.3 is 89.2 Å². The predicted molar refractivity (Wildman–Crippen MR) is 513 cm³/mol. The van der Waals surface area contributed by atoms with Crippen LogP contribution in [0.5, 0.6) is 46.4 Å². The van der Waals surface area contributed by atoms with Crippen molar-refractivity contribution in [3.05, 3.63) is 248 Å². The summed E-state index contributed by atoms with van der Waals surface area (Å²) in [6.45, 7) is 21.2. The van der Waals surface area contributed by atoms with Crippen molar-refractivity contribution in [3.63, 3.8) is 0 Å². The number of rotatable bonds is 24. The Morgan fingerprint density at radius 1 is 0.642 bits per heavy atom. The van der Waals surface area contributed by atoms with E-state index in [1.807, 2.05) is 124 Å². The number of benzene rings is 8. The summed E-state index contributed by atoms with van der Waals surface area (Å²) in [6, 6.07) is 42.6. The number of hydrogen-bond donors (Lipinski definition) is 6. The van der Waals surface area contributed by atoms with E-state index in [2.05, 4.69) is 78.6 Å². The summed E-state index contributed by atoms with van der Waals surface area (Å²) in [5.41, 5.74) is 26.1. The first-order valence-corrected chi connectivity index (χ1v) is 44.5. The molecule has 9 heterocycles. The fourth-order valence-electron chi connectivity index (χ4n) is 17.0. The number of nitrogens with one attached hydrogen (secondary N) is 3. The molecule has 6 aromatic heterocycles. The molecule has 0 saturated carbocycles. The van der Waals surface area contributed by atoms with Crippen LogP contribution in [-0.2, 0) is 31.9 Å². The van der Waals surface area contributed by atoms with Crippen LogP contribution in [0.15, 0.2) is 185 Å². The van der Waals surface area contributed by atoms with Gasteiger partial charge in [0.15, 0.2) is 40.5 Å². The number of carbonyl (C=O) groups is 3. The number of allylic oxidation sites excluding steroid dienone is 2. The molecule has 1 amide bonds. The van der Waals surface area contributed by atoms with E-state index in [0.29, 0.717) is 103 Å². The van der Waals surface area contributed by atoms with Crippen molar-refractivity contribution in [1.29, 1.82) is 0 Å². The number of methoxy groups -OCH3 is 2. The minimum atomic E-state index is -0.703. The number of aromatic amines is 3. The van der Waals surface area contributed by atoms with E-state index in [-0.39, 0.29) is 64.1 Å². The van der Waals surface area contributed by atoms with Gasteiger partial charge in [-0.1, -0.05) is 77.9 Å². The maximum atomic E-state index is 15.1. The number of imidazole rings is 1. The summed E-state index contributed by atoms with van der Waals surface area (Å²) in [7, 11) is 8.93. The average Bonchev–Trinajstić information content (AvgIpc) is 1.51. The second kappa shape index (κ2) is 41.1. The molecule has 8 aromatic carbocycles. The van der Waals surface area contributed by atoms with E-state index >= 15 is 8.78 Å². The number of anilines is 3. The van der Waals surface area contributed by atoms with Crippen molar-refractivity contribution in [2.45, 2.75) is 78.9 Å². The molecule has 134 heavy (non-hydrogen) atoms. The van der Waals surface area contributed by atoms with Gasteiger partial charge in [-0.2, -0.15) is 10.1 Å². The molecule has 0 radical (unpaired) electrons. The van der Waals surface area contributed by atoms with Crippen LogP contribution in [0.1, 0.15) is 96.3 Å². The minimum absolute atomic E-state index is 0.0424. The number of esters is 2. The van der Waals surface area contributed by atoms with Gasteiger partial charge in [-0.15, -0.1) is 0 Å². The Labute approximate surface area is 771 Å². The second-order valence-corrected chi connectivity index (χ2v) is 34.2. The first-order valence-electron chi connectivity index (χ1n) is 44.5. The van der Waals surface area contributed by atoms with E-state index in [9.17, 15) is 28.7 Å². The lowest BCUT2D eigenvalue weighted by atomic mass is 10.00. The van der Waals surface area contributed by atoms with Crippen molar-refractivity contribution < 1.29 is 65.8 Å². The highest BCUT2D eigenvalue weighted by Gasteiger charge is 2.29. The summed E-state index contributed by atoms with van der Waals surface area (Å²) in [5.74, 6) is 0.529. The Morgan fingerprint density at radius 3 is 2.00 bits per heavy atom. The largest absolute Gasteiger partial charge is 0.494 e. The topological polar surface area (TPSA) is 353 Å². The molecule has 8 N–H and O–H groups in total. The number of amides is 1. The third-order valence-corrected chi connectivity index (χ3v) is 24.4. The number of ether oxygens (including phenoxy) is 7. The quantitative estimate of drug-likeness (QED) is 0.0186. The van der Waals surface area contributed by atoms with Gasteiger partial charge in [0.05, 0.1) is 94.6 Å². The number of hydrogen-bond acceptors (Lipinski definition) is 25. The number of piperazine rings is 2. The second-order valence-electron chi connectivity index (χ2n) is 34.2. The Hall–Kier alpha value is -14.5. The molecule has 3 saturated heterocycles. The number of pyridine rings is 1. The smallest absolute Gasteiger partial charge is 0.337 e. The molecule has 0 unspecified atom stereocenters. The summed E-state index contributed by atoms with van der Waals surface area (Å²) in [5, 5.41) is 16.7. The molecular formula is C101H107F3N18O12. The highest BCUT2D eigenvalue weighted by molar-refractivity contribution is 6.22. The number of nitrogens with zero attached hydrogens (tertiary/aromatic N) is 13. The number of nitrogen functional groups attached to an aromatic ring is 1. The van der Waals surface area contributed by atoms with Crippen LogP contribution in [-0.4, -0.2) is 232 Å². The van der Waals surface area contributed by atoms with Crippen LogP contribution >= 0.6 is 0 Å². The number of aromatic nitrogens is 9. The molecule has 694 valence electrons. The molecular weight excluding hydrogens is 1710 g/mol. The zero-order chi connectivity index (χ0) is 94.1. The number of carbonyl (C=O) groups excluding carboxylic acids is 3. The summed E-state index contributed by atoms with van der Waals surface area (Å²) in [6.07, 6.45) is 12.6. The number of aryl methyl sites for hydroxylation is 1. The monoisotopic (exact) mass is 1820 g/mol. The van der Waals surface area contributed by atoms with Crippen molar-refractivity contribution in [3.8, 4) is 57.8 Å². The number of nitrogens with two attached hydrogens (primary N) is 2. The Balaban J connectivity index is 0.000000131. The third-order valence-electron chi connectivity index (χ3n) is 24.4. The normalized spacial score (nSPS) is 15.1. The van der Waals surface area contributed by atoms with Gasteiger partial charge in [-0.25, -0.2) is 42.4 Å². The molecule has 0 bridgehead atoms. The van der Waals surface area contributed by atoms with Gasteiger partial charge in [0, 0.05) is 117 Å². The Kier molecular flexibility index (Phi) is 28.4. The van der Waals surface area contributed by atoms with Crippen LogP contribution in [0.2, 0.25) is 0 Å². The van der Waals surface area contributed by atoms with Crippen LogP contribution in [0, 0.1) is 24.4 Å². The van der Waals surface area contributed by atoms with Crippen molar-refractivity contribution >= 4 is 108 Å².